The van der Waals surface area contributed by atoms with Crippen LogP contribution >= 0.6 is 15.9 Å². The van der Waals surface area contributed by atoms with E-state index in [-0.39, 0.29) is 32.7 Å². The molecule has 0 spiro atoms. The van der Waals surface area contributed by atoms with E-state index in [2.05, 4.69) is 22.9 Å². The van der Waals surface area contributed by atoms with Crippen LogP contribution in [0.15, 0.2) is 0 Å². The number of rotatable bonds is 0. The summed E-state index contributed by atoms with van der Waals surface area (Å²) in [5.41, 5.74) is 0. The van der Waals surface area contributed by atoms with E-state index in [1.807, 2.05) is 0 Å². The second-order valence-corrected chi connectivity index (χ2v) is 0.982. The zero-order valence-electron chi connectivity index (χ0n) is 2.37. The fourth-order valence-corrected chi connectivity index (χ4v) is 0. The van der Waals surface area contributed by atoms with Crippen LogP contribution in [0, 0.1) is 6.92 Å². The Kier molecular flexibility index (Phi) is 20.1. The summed E-state index contributed by atoms with van der Waals surface area (Å²) in [6.45, 7) is 3.40. The predicted molar refractivity (Wildman–Crippen MR) is 19.2 cm³/mol. The van der Waals surface area contributed by atoms with Gasteiger partial charge in [0.05, 0.1) is 0 Å². The molecule has 0 rings (SSSR count). The van der Waals surface area contributed by atoms with Crippen LogP contribution in [0.5, 0.6) is 0 Å². The topological polar surface area (TPSA) is 0 Å². The molecule has 0 unspecified atom stereocenters. The normalized spacial score (nSPS) is 4.50. The third-order valence-electron chi connectivity index (χ3n) is 0. The van der Waals surface area contributed by atoms with Crippen molar-refractivity contribution in [3.63, 3.8) is 0 Å². The van der Waals surface area contributed by atoms with E-state index in [1.54, 1.807) is 0 Å². The van der Waals surface area contributed by atoms with E-state index in [9.17, 15) is 0 Å². The zero-order chi connectivity index (χ0) is 2.71. The Morgan fingerprint density at radius 1 is 1.75 bits per heavy atom. The molecular formula is C2H4BrY-. The van der Waals surface area contributed by atoms with Gasteiger partial charge >= 0.3 is 0 Å². The molecule has 0 aliphatic heterocycles. The zero-order valence-corrected chi connectivity index (χ0v) is 6.79. The van der Waals surface area contributed by atoms with E-state index in [4.69, 9.17) is 0 Å². The van der Waals surface area contributed by atoms with Crippen LogP contribution in [-0.2, 0) is 32.7 Å². The first-order valence-electron chi connectivity index (χ1n) is 0.767. The summed E-state index contributed by atoms with van der Waals surface area (Å²) in [4.78, 5) is 0. The van der Waals surface area contributed by atoms with Crippen molar-refractivity contribution in [2.24, 2.45) is 0 Å². The van der Waals surface area contributed by atoms with E-state index in [0.717, 1.165) is 5.33 Å². The smallest absolute Gasteiger partial charge is 0 e. The van der Waals surface area contributed by atoms with Crippen LogP contribution in [-0.4, -0.2) is 5.33 Å². The molecule has 23 valence electrons. The van der Waals surface area contributed by atoms with Crippen LogP contribution < -0.4 is 0 Å². The molecule has 0 saturated heterocycles. The Hall–Kier alpha value is 1.58. The third kappa shape index (κ3) is 9.54. The van der Waals surface area contributed by atoms with Crippen molar-refractivity contribution in [1.29, 1.82) is 0 Å². The van der Waals surface area contributed by atoms with Gasteiger partial charge in [0, 0.05) is 32.7 Å². The van der Waals surface area contributed by atoms with Crippen molar-refractivity contribution in [2.75, 3.05) is 5.33 Å². The number of alkyl halides is 1. The first-order chi connectivity index (χ1) is 1.41. The maximum atomic E-state index is 3.40. The number of hydrogen-bond donors (Lipinski definition) is 0. The minimum atomic E-state index is 0. The summed E-state index contributed by atoms with van der Waals surface area (Å²) in [6, 6.07) is 0. The van der Waals surface area contributed by atoms with Crippen molar-refractivity contribution in [3.05, 3.63) is 6.92 Å². The molecule has 0 heterocycles. The molecule has 0 N–H and O–H groups in total. The third-order valence-corrected chi connectivity index (χ3v) is 0. The second kappa shape index (κ2) is 8.82. The summed E-state index contributed by atoms with van der Waals surface area (Å²) in [5.74, 6) is 0. The molecule has 0 fully saturated rings. The summed E-state index contributed by atoms with van der Waals surface area (Å²) in [6.07, 6.45) is 0. The average Bonchev–Trinajstić information content (AvgIpc) is 0.918. The van der Waals surface area contributed by atoms with Gasteiger partial charge in [0.25, 0.3) is 0 Å². The van der Waals surface area contributed by atoms with Crippen LogP contribution in [0.2, 0.25) is 0 Å². The molecule has 0 saturated carbocycles. The molecule has 0 amide bonds. The number of halogens is 1. The van der Waals surface area contributed by atoms with Crippen LogP contribution in [0.25, 0.3) is 0 Å². The quantitative estimate of drug-likeness (QED) is 0.404. The molecule has 0 aromatic heterocycles. The molecule has 2 heteroatoms. The fraction of sp³-hybridized carbons (Fsp3) is 0.500. The van der Waals surface area contributed by atoms with Gasteiger partial charge < -0.3 is 6.92 Å². The van der Waals surface area contributed by atoms with Gasteiger partial charge in [-0.2, -0.15) is 0 Å². The maximum absolute atomic E-state index is 3.40. The summed E-state index contributed by atoms with van der Waals surface area (Å²) in [7, 11) is 0. The first-order valence-corrected chi connectivity index (χ1v) is 1.89. The monoisotopic (exact) mass is 196 g/mol. The Balaban J connectivity index is 0. The second-order valence-electron chi connectivity index (χ2n) is 0.189. The minimum absolute atomic E-state index is 0. The Morgan fingerprint density at radius 3 is 1.75 bits per heavy atom. The standard InChI is InChI=1S/C2H4Br.Y/c1-2-3;/h1-2H2;/q-1;. The molecule has 0 aliphatic carbocycles. The van der Waals surface area contributed by atoms with E-state index >= 15 is 0 Å². The van der Waals surface area contributed by atoms with Crippen LogP contribution in [0.4, 0.5) is 0 Å². The summed E-state index contributed by atoms with van der Waals surface area (Å²) in [5, 5.41) is 0.812. The first kappa shape index (κ1) is 9.13. The SMILES string of the molecule is [CH2-]CBr.[Y]. The van der Waals surface area contributed by atoms with E-state index < -0.39 is 0 Å². The largest absolute Gasteiger partial charge is 0.333 e. The molecule has 0 nitrogen and oxygen atoms in total. The van der Waals surface area contributed by atoms with Gasteiger partial charge in [0.1, 0.15) is 0 Å². The van der Waals surface area contributed by atoms with Crippen molar-refractivity contribution < 1.29 is 32.7 Å². The molecule has 4 heavy (non-hydrogen) atoms. The van der Waals surface area contributed by atoms with Crippen molar-refractivity contribution in [2.45, 2.75) is 0 Å². The fourth-order valence-electron chi connectivity index (χ4n) is 0. The van der Waals surface area contributed by atoms with Gasteiger partial charge in [-0.25, -0.2) is 0 Å². The molecule has 0 aliphatic rings. The predicted octanol–water partition coefficient (Wildman–Crippen LogP) is 1.21. The minimum Gasteiger partial charge on any atom is -0.333 e. The molecule has 0 bridgehead atoms. The van der Waals surface area contributed by atoms with E-state index in [0.29, 0.717) is 0 Å². The summed E-state index contributed by atoms with van der Waals surface area (Å²) >= 11 is 3.03. The molecule has 0 aromatic carbocycles. The van der Waals surface area contributed by atoms with Crippen molar-refractivity contribution in [3.8, 4) is 0 Å². The van der Waals surface area contributed by atoms with Gasteiger partial charge in [-0.3, -0.25) is 0 Å². The van der Waals surface area contributed by atoms with Gasteiger partial charge in [0.2, 0.25) is 0 Å². The summed E-state index contributed by atoms with van der Waals surface area (Å²) < 4.78 is 0. The van der Waals surface area contributed by atoms with E-state index in [1.165, 1.54) is 0 Å². The van der Waals surface area contributed by atoms with Crippen molar-refractivity contribution >= 4 is 15.9 Å². The van der Waals surface area contributed by atoms with Gasteiger partial charge in [-0.15, -0.1) is 21.3 Å². The average molecular weight is 197 g/mol. The number of hydrogen-bond acceptors (Lipinski definition) is 0. The maximum Gasteiger partial charge on any atom is 0 e. The molecule has 0 atom stereocenters. The van der Waals surface area contributed by atoms with Crippen LogP contribution in [0.1, 0.15) is 0 Å². The molecule has 0 aromatic rings. The van der Waals surface area contributed by atoms with Gasteiger partial charge in [0.15, 0.2) is 0 Å². The van der Waals surface area contributed by atoms with Gasteiger partial charge in [-0.1, -0.05) is 0 Å². The Morgan fingerprint density at radius 2 is 1.75 bits per heavy atom. The Labute approximate surface area is 60.4 Å². The van der Waals surface area contributed by atoms with Crippen LogP contribution in [0.3, 0.4) is 0 Å². The van der Waals surface area contributed by atoms with Crippen molar-refractivity contribution in [1.82, 2.24) is 0 Å². The Bertz CT molecular complexity index is 6.00. The molecule has 1 radical (unpaired) electrons. The molecular weight excluding hydrogens is 193 g/mol. The van der Waals surface area contributed by atoms with Gasteiger partial charge in [-0.05, 0) is 0 Å².